The number of ether oxygens (including phenoxy) is 2. The summed E-state index contributed by atoms with van der Waals surface area (Å²) in [6.07, 6.45) is -2.02. The Kier molecular flexibility index (Phi) is 6.32. The molecular formula is C20H28O7. The fourth-order valence-corrected chi connectivity index (χ4v) is 2.45. The first kappa shape index (κ1) is 21.4. The maximum absolute atomic E-state index is 11.7. The Bertz CT molecular complexity index is 832. The predicted molar refractivity (Wildman–Crippen MR) is 101 cm³/mol. The highest BCUT2D eigenvalue weighted by molar-refractivity contribution is 5.82. The number of rotatable bonds is 8. The SMILES string of the molecule is COC(C)(C)C(O)COc1ccc2ccc(=O)oc2c1CC(O)C(C)(C)O. The third-order valence-corrected chi connectivity index (χ3v) is 4.79. The quantitative estimate of drug-likeness (QED) is 0.597. The molecule has 7 nitrogen and oxygen atoms in total. The molecule has 2 unspecified atom stereocenters. The Balaban J connectivity index is 2.42. The monoisotopic (exact) mass is 380 g/mol. The summed E-state index contributed by atoms with van der Waals surface area (Å²) in [5, 5.41) is 31.4. The van der Waals surface area contributed by atoms with Crippen molar-refractivity contribution in [2.24, 2.45) is 0 Å². The second kappa shape index (κ2) is 7.98. The maximum atomic E-state index is 11.7. The van der Waals surface area contributed by atoms with E-state index in [4.69, 9.17) is 13.9 Å². The molecule has 0 aliphatic heterocycles. The topological polar surface area (TPSA) is 109 Å². The molecule has 1 aromatic heterocycles. The Morgan fingerprint density at radius 1 is 1.07 bits per heavy atom. The number of aliphatic hydroxyl groups excluding tert-OH is 2. The van der Waals surface area contributed by atoms with Gasteiger partial charge in [0.1, 0.15) is 24.0 Å². The minimum Gasteiger partial charge on any atom is -0.490 e. The highest BCUT2D eigenvalue weighted by Gasteiger charge is 2.30. The number of methoxy groups -OCH3 is 1. The van der Waals surface area contributed by atoms with Crippen molar-refractivity contribution in [1.29, 1.82) is 0 Å². The minimum atomic E-state index is -1.36. The van der Waals surface area contributed by atoms with Crippen molar-refractivity contribution in [3.8, 4) is 5.75 Å². The molecule has 1 heterocycles. The van der Waals surface area contributed by atoms with Crippen LogP contribution < -0.4 is 10.4 Å². The van der Waals surface area contributed by atoms with Gasteiger partial charge in [0.25, 0.3) is 0 Å². The summed E-state index contributed by atoms with van der Waals surface area (Å²) in [5.41, 5.74) is -1.97. The van der Waals surface area contributed by atoms with Gasteiger partial charge in [-0.3, -0.25) is 0 Å². The molecule has 7 heteroatoms. The molecule has 150 valence electrons. The zero-order chi connectivity index (χ0) is 20.4. The van der Waals surface area contributed by atoms with Gasteiger partial charge in [-0.05, 0) is 45.9 Å². The van der Waals surface area contributed by atoms with Crippen LogP contribution in [0.4, 0.5) is 0 Å². The van der Waals surface area contributed by atoms with Crippen molar-refractivity contribution in [3.05, 3.63) is 40.2 Å². The molecule has 2 aromatic rings. The zero-order valence-electron chi connectivity index (χ0n) is 16.4. The van der Waals surface area contributed by atoms with Gasteiger partial charge in [-0.2, -0.15) is 0 Å². The van der Waals surface area contributed by atoms with Gasteiger partial charge in [-0.15, -0.1) is 0 Å². The van der Waals surface area contributed by atoms with E-state index in [-0.39, 0.29) is 18.6 Å². The highest BCUT2D eigenvalue weighted by Crippen LogP contribution is 2.31. The van der Waals surface area contributed by atoms with Gasteiger partial charge >= 0.3 is 5.63 Å². The van der Waals surface area contributed by atoms with Gasteiger partial charge in [-0.1, -0.05) is 0 Å². The number of hydrogen-bond donors (Lipinski definition) is 3. The summed E-state index contributed by atoms with van der Waals surface area (Å²) in [4.78, 5) is 11.7. The van der Waals surface area contributed by atoms with Crippen LogP contribution in [0.15, 0.2) is 33.5 Å². The highest BCUT2D eigenvalue weighted by atomic mass is 16.5. The molecule has 0 saturated carbocycles. The van der Waals surface area contributed by atoms with E-state index in [1.165, 1.54) is 27.0 Å². The molecule has 2 rings (SSSR count). The van der Waals surface area contributed by atoms with Gasteiger partial charge in [0.05, 0.1) is 17.3 Å². The van der Waals surface area contributed by atoms with E-state index in [1.54, 1.807) is 32.0 Å². The van der Waals surface area contributed by atoms with Crippen molar-refractivity contribution in [2.75, 3.05) is 13.7 Å². The largest absolute Gasteiger partial charge is 0.490 e. The van der Waals surface area contributed by atoms with Crippen LogP contribution in [0.2, 0.25) is 0 Å². The second-order valence-electron chi connectivity index (χ2n) is 7.72. The molecule has 0 aliphatic carbocycles. The number of fused-ring (bicyclic) bond motifs is 1. The van der Waals surface area contributed by atoms with Gasteiger partial charge in [0.2, 0.25) is 0 Å². The van der Waals surface area contributed by atoms with Crippen molar-refractivity contribution >= 4 is 11.0 Å². The zero-order valence-corrected chi connectivity index (χ0v) is 16.4. The van der Waals surface area contributed by atoms with Crippen molar-refractivity contribution < 1.29 is 29.2 Å². The van der Waals surface area contributed by atoms with Crippen molar-refractivity contribution in [3.63, 3.8) is 0 Å². The van der Waals surface area contributed by atoms with Crippen LogP contribution in [-0.2, 0) is 11.2 Å². The van der Waals surface area contributed by atoms with Crippen LogP contribution in [0.5, 0.6) is 5.75 Å². The maximum Gasteiger partial charge on any atom is 0.336 e. The summed E-state index contributed by atoms with van der Waals surface area (Å²) in [6, 6.07) is 6.33. The molecule has 0 amide bonds. The first-order valence-corrected chi connectivity index (χ1v) is 8.78. The molecule has 0 bridgehead atoms. The van der Waals surface area contributed by atoms with Crippen LogP contribution in [0.3, 0.4) is 0 Å². The van der Waals surface area contributed by atoms with Gasteiger partial charge < -0.3 is 29.2 Å². The van der Waals surface area contributed by atoms with E-state index in [0.29, 0.717) is 16.7 Å². The smallest absolute Gasteiger partial charge is 0.336 e. The Morgan fingerprint density at radius 3 is 2.30 bits per heavy atom. The van der Waals surface area contributed by atoms with Crippen LogP contribution >= 0.6 is 0 Å². The van der Waals surface area contributed by atoms with E-state index in [9.17, 15) is 20.1 Å². The number of aliphatic hydroxyl groups is 3. The standard InChI is InChI=1S/C20H28O7/c1-19(2,24)15(21)10-13-14(26-11-16(22)20(3,4)25-5)8-6-12-7-9-17(23)27-18(12)13/h6-9,15-16,21-22,24H,10-11H2,1-5H3. The van der Waals surface area contributed by atoms with Crippen LogP contribution in [0.1, 0.15) is 33.3 Å². The first-order chi connectivity index (χ1) is 12.5. The molecular weight excluding hydrogens is 352 g/mol. The average molecular weight is 380 g/mol. The molecule has 27 heavy (non-hydrogen) atoms. The van der Waals surface area contributed by atoms with E-state index in [1.807, 2.05) is 0 Å². The third-order valence-electron chi connectivity index (χ3n) is 4.79. The molecule has 0 radical (unpaired) electrons. The van der Waals surface area contributed by atoms with Crippen LogP contribution in [-0.4, -0.2) is 52.4 Å². The summed E-state index contributed by atoms with van der Waals surface area (Å²) < 4.78 is 16.3. The summed E-state index contributed by atoms with van der Waals surface area (Å²) in [7, 11) is 1.50. The summed E-state index contributed by atoms with van der Waals surface area (Å²) in [6.45, 7) is 6.39. The van der Waals surface area contributed by atoms with E-state index < -0.39 is 29.0 Å². The molecule has 1 aromatic carbocycles. The Morgan fingerprint density at radius 2 is 1.70 bits per heavy atom. The van der Waals surface area contributed by atoms with Gasteiger partial charge in [0, 0.05) is 30.5 Å². The Hall–Kier alpha value is -1.93. The molecule has 0 spiro atoms. The lowest BCUT2D eigenvalue weighted by Crippen LogP contribution is -2.42. The number of benzene rings is 1. The summed E-state index contributed by atoms with van der Waals surface area (Å²) in [5.74, 6) is 0.353. The number of hydrogen-bond acceptors (Lipinski definition) is 7. The molecule has 0 aliphatic rings. The van der Waals surface area contributed by atoms with E-state index in [0.717, 1.165) is 0 Å². The fourth-order valence-electron chi connectivity index (χ4n) is 2.45. The first-order valence-electron chi connectivity index (χ1n) is 8.78. The van der Waals surface area contributed by atoms with Crippen molar-refractivity contribution in [2.45, 2.75) is 57.5 Å². The Labute approximate surface area is 158 Å². The molecule has 2 atom stereocenters. The molecule has 3 N–H and O–H groups in total. The third kappa shape index (κ3) is 5.07. The lowest BCUT2D eigenvalue weighted by atomic mass is 9.94. The normalized spacial score (nSPS) is 15.0. The van der Waals surface area contributed by atoms with Crippen LogP contribution in [0, 0.1) is 0 Å². The van der Waals surface area contributed by atoms with Crippen LogP contribution in [0.25, 0.3) is 11.0 Å². The second-order valence-corrected chi connectivity index (χ2v) is 7.72. The van der Waals surface area contributed by atoms with E-state index >= 15 is 0 Å². The average Bonchev–Trinajstić information content (AvgIpc) is 2.59. The lowest BCUT2D eigenvalue weighted by molar-refractivity contribution is -0.0916. The van der Waals surface area contributed by atoms with Gasteiger partial charge in [0.15, 0.2) is 0 Å². The van der Waals surface area contributed by atoms with Crippen molar-refractivity contribution in [1.82, 2.24) is 0 Å². The molecule has 0 saturated heterocycles. The summed E-state index contributed by atoms with van der Waals surface area (Å²) >= 11 is 0. The minimum absolute atomic E-state index is 0.00684. The van der Waals surface area contributed by atoms with Gasteiger partial charge in [-0.25, -0.2) is 4.79 Å². The lowest BCUT2D eigenvalue weighted by Gasteiger charge is -2.29. The molecule has 0 fully saturated rings. The van der Waals surface area contributed by atoms with E-state index in [2.05, 4.69) is 0 Å². The predicted octanol–water partition coefficient (Wildman–Crippen LogP) is 1.63. The fraction of sp³-hybridized carbons (Fsp3) is 0.550.